The van der Waals surface area contributed by atoms with Crippen molar-refractivity contribution in [3.63, 3.8) is 0 Å². The van der Waals surface area contributed by atoms with E-state index >= 15 is 0 Å². The molecule has 0 fully saturated rings. The zero-order valence-corrected chi connectivity index (χ0v) is 14.0. The number of halogens is 3. The van der Waals surface area contributed by atoms with Gasteiger partial charge < -0.3 is 5.73 Å². The van der Waals surface area contributed by atoms with Gasteiger partial charge in [-0.3, -0.25) is 0 Å². The second kappa shape index (κ2) is 5.38. The van der Waals surface area contributed by atoms with E-state index < -0.39 is 11.4 Å². The number of fused-ring (bicyclic) bond motifs is 1. The van der Waals surface area contributed by atoms with E-state index in [-0.39, 0.29) is 5.02 Å². The van der Waals surface area contributed by atoms with Crippen molar-refractivity contribution in [2.75, 3.05) is 0 Å². The van der Waals surface area contributed by atoms with Gasteiger partial charge in [-0.15, -0.1) is 0 Å². The summed E-state index contributed by atoms with van der Waals surface area (Å²) < 4.78 is 15.2. The van der Waals surface area contributed by atoms with Crippen molar-refractivity contribution in [1.29, 1.82) is 0 Å². The van der Waals surface area contributed by atoms with Crippen LogP contribution >= 0.6 is 27.5 Å². The van der Waals surface area contributed by atoms with E-state index in [1.807, 2.05) is 18.2 Å². The molecule has 1 aliphatic rings. The van der Waals surface area contributed by atoms with Gasteiger partial charge in [-0.1, -0.05) is 48.9 Å². The van der Waals surface area contributed by atoms with Crippen molar-refractivity contribution >= 4 is 27.5 Å². The predicted molar refractivity (Wildman–Crippen MR) is 88.2 cm³/mol. The fraction of sp³-hybridized carbons (Fsp3) is 0.294. The Labute approximate surface area is 137 Å². The predicted octanol–water partition coefficient (Wildman–Crippen LogP) is 5.34. The Morgan fingerprint density at radius 1 is 1.24 bits per heavy atom. The molecular weight excluding hydrogens is 353 g/mol. The molecule has 0 saturated carbocycles. The van der Waals surface area contributed by atoms with Crippen molar-refractivity contribution in [3.8, 4) is 0 Å². The maximum atomic E-state index is 14.6. The molecule has 0 aliphatic heterocycles. The van der Waals surface area contributed by atoms with Gasteiger partial charge in [0.25, 0.3) is 0 Å². The Bertz CT molecular complexity index is 703. The molecule has 0 radical (unpaired) electrons. The van der Waals surface area contributed by atoms with Crippen molar-refractivity contribution in [3.05, 3.63) is 68.4 Å². The zero-order valence-electron chi connectivity index (χ0n) is 11.7. The smallest absolute Gasteiger partial charge is 0.148 e. The highest BCUT2D eigenvalue weighted by Gasteiger charge is 2.39. The molecule has 0 aromatic heterocycles. The first-order chi connectivity index (χ1) is 9.95. The molecule has 0 heterocycles. The second-order valence-electron chi connectivity index (χ2n) is 5.72. The maximum absolute atomic E-state index is 14.6. The number of hydrogen-bond donors (Lipinski definition) is 1. The summed E-state index contributed by atoms with van der Waals surface area (Å²) in [5.41, 5.74) is 8.51. The molecule has 0 amide bonds. The molecule has 2 aromatic rings. The van der Waals surface area contributed by atoms with Crippen LogP contribution in [0.15, 0.2) is 40.9 Å². The summed E-state index contributed by atoms with van der Waals surface area (Å²) >= 11 is 9.29. The van der Waals surface area contributed by atoms with E-state index in [4.69, 9.17) is 17.3 Å². The summed E-state index contributed by atoms with van der Waals surface area (Å²) in [6, 6.07) is 11.5. The Morgan fingerprint density at radius 3 is 2.71 bits per heavy atom. The summed E-state index contributed by atoms with van der Waals surface area (Å²) in [4.78, 5) is 0. The molecule has 2 aromatic carbocycles. The lowest BCUT2D eigenvalue weighted by Gasteiger charge is -2.39. The van der Waals surface area contributed by atoms with Gasteiger partial charge in [-0.05, 0) is 51.9 Å². The molecule has 2 unspecified atom stereocenters. The van der Waals surface area contributed by atoms with E-state index in [0.29, 0.717) is 22.4 Å². The van der Waals surface area contributed by atoms with Crippen LogP contribution in [0, 0.1) is 5.82 Å². The molecule has 2 atom stereocenters. The summed E-state index contributed by atoms with van der Waals surface area (Å²) in [7, 11) is 0. The normalized spacial score (nSPS) is 24.7. The third-order valence-electron chi connectivity index (χ3n) is 4.46. The maximum Gasteiger partial charge on any atom is 0.148 e. The molecule has 4 heteroatoms. The molecule has 3 rings (SSSR count). The van der Waals surface area contributed by atoms with Crippen molar-refractivity contribution < 1.29 is 4.39 Å². The van der Waals surface area contributed by atoms with Crippen LogP contribution in [0.25, 0.3) is 0 Å². The van der Waals surface area contributed by atoms with Crippen LogP contribution < -0.4 is 5.73 Å². The Kier molecular flexibility index (Phi) is 3.85. The van der Waals surface area contributed by atoms with Gasteiger partial charge in [-0.2, -0.15) is 0 Å². The largest absolute Gasteiger partial charge is 0.318 e. The van der Waals surface area contributed by atoms with E-state index in [1.165, 1.54) is 5.56 Å². The Hall–Kier alpha value is -0.900. The van der Waals surface area contributed by atoms with Gasteiger partial charge in [0.15, 0.2) is 0 Å². The molecule has 0 saturated heterocycles. The van der Waals surface area contributed by atoms with E-state index in [9.17, 15) is 4.39 Å². The van der Waals surface area contributed by atoms with Crippen molar-refractivity contribution in [2.24, 2.45) is 5.73 Å². The quantitative estimate of drug-likeness (QED) is 0.675. The highest BCUT2D eigenvalue weighted by atomic mass is 79.9. The van der Waals surface area contributed by atoms with Gasteiger partial charge in [0.2, 0.25) is 0 Å². The summed E-state index contributed by atoms with van der Waals surface area (Å²) in [6.07, 6.45) is 1.64. The van der Waals surface area contributed by atoms with Gasteiger partial charge >= 0.3 is 0 Å². The van der Waals surface area contributed by atoms with Gasteiger partial charge in [0.1, 0.15) is 5.82 Å². The first-order valence-corrected chi connectivity index (χ1v) is 8.14. The lowest BCUT2D eigenvalue weighted by molar-refractivity contribution is 0.396. The average molecular weight is 369 g/mol. The minimum absolute atomic E-state index is 0.0911. The third kappa shape index (κ3) is 2.32. The van der Waals surface area contributed by atoms with Crippen LogP contribution in [0.1, 0.15) is 42.4 Å². The van der Waals surface area contributed by atoms with E-state index in [1.54, 1.807) is 12.1 Å². The van der Waals surface area contributed by atoms with Crippen LogP contribution in [0.2, 0.25) is 5.02 Å². The lowest BCUT2D eigenvalue weighted by Crippen LogP contribution is -2.42. The number of hydrogen-bond acceptors (Lipinski definition) is 1. The topological polar surface area (TPSA) is 26.0 Å². The SMILES string of the molecule is CC1CCC(N)(c2ccc(Br)c(Cl)c2F)c2ccccc21. The van der Waals surface area contributed by atoms with Crippen molar-refractivity contribution in [2.45, 2.75) is 31.2 Å². The Balaban J connectivity index is 2.23. The summed E-state index contributed by atoms with van der Waals surface area (Å²) in [5, 5.41) is 0.0911. The molecule has 2 N–H and O–H groups in total. The van der Waals surface area contributed by atoms with Crippen LogP contribution in [0.4, 0.5) is 4.39 Å². The minimum atomic E-state index is -0.822. The minimum Gasteiger partial charge on any atom is -0.318 e. The standard InChI is InChI=1S/C17H16BrClFN/c1-10-8-9-17(21,12-5-3-2-4-11(10)12)13-6-7-14(18)15(19)16(13)20/h2-7,10H,8-9,21H2,1H3. The molecule has 0 bridgehead atoms. The summed E-state index contributed by atoms with van der Waals surface area (Å²) in [5.74, 6) is 0.00440. The third-order valence-corrected chi connectivity index (χ3v) is 5.72. The second-order valence-corrected chi connectivity index (χ2v) is 6.95. The lowest BCUT2D eigenvalue weighted by atomic mass is 9.69. The molecule has 21 heavy (non-hydrogen) atoms. The van der Waals surface area contributed by atoms with Gasteiger partial charge in [0.05, 0.1) is 10.6 Å². The molecule has 1 aliphatic carbocycles. The van der Waals surface area contributed by atoms with E-state index in [2.05, 4.69) is 28.9 Å². The van der Waals surface area contributed by atoms with Crippen LogP contribution in [0.5, 0.6) is 0 Å². The molecular formula is C17H16BrClFN. The molecule has 1 nitrogen and oxygen atoms in total. The fourth-order valence-corrected chi connectivity index (χ4v) is 3.69. The van der Waals surface area contributed by atoms with Crippen LogP contribution in [0.3, 0.4) is 0 Å². The van der Waals surface area contributed by atoms with Crippen LogP contribution in [-0.2, 0) is 5.54 Å². The van der Waals surface area contributed by atoms with Gasteiger partial charge in [-0.25, -0.2) is 4.39 Å². The highest BCUT2D eigenvalue weighted by molar-refractivity contribution is 9.10. The highest BCUT2D eigenvalue weighted by Crippen LogP contribution is 2.45. The summed E-state index contributed by atoms with van der Waals surface area (Å²) in [6.45, 7) is 2.18. The monoisotopic (exact) mass is 367 g/mol. The van der Waals surface area contributed by atoms with Crippen molar-refractivity contribution in [1.82, 2.24) is 0 Å². The number of benzene rings is 2. The fourth-order valence-electron chi connectivity index (χ4n) is 3.22. The number of nitrogens with two attached hydrogens (primary N) is 1. The molecule has 110 valence electrons. The number of rotatable bonds is 1. The average Bonchev–Trinajstić information content (AvgIpc) is 2.49. The zero-order chi connectivity index (χ0) is 15.2. The van der Waals surface area contributed by atoms with E-state index in [0.717, 1.165) is 12.0 Å². The first kappa shape index (κ1) is 15.0. The Morgan fingerprint density at radius 2 is 1.95 bits per heavy atom. The molecule has 0 spiro atoms. The first-order valence-electron chi connectivity index (χ1n) is 6.97. The van der Waals surface area contributed by atoms with Crippen LogP contribution in [-0.4, -0.2) is 0 Å². The van der Waals surface area contributed by atoms with Gasteiger partial charge in [0, 0.05) is 10.0 Å².